The van der Waals surface area contributed by atoms with Crippen LogP contribution in [0, 0.1) is 0 Å². The van der Waals surface area contributed by atoms with Crippen LogP contribution in [0.4, 0.5) is 0 Å². The van der Waals surface area contributed by atoms with Gasteiger partial charge in [0, 0.05) is 18.2 Å². The Bertz CT molecular complexity index is 338. The van der Waals surface area contributed by atoms with Crippen molar-refractivity contribution in [1.82, 2.24) is 0 Å². The average Bonchev–Trinajstić information content (AvgIpc) is 2.36. The first-order valence-electron chi connectivity index (χ1n) is 5.59. The normalized spacial score (nSPS) is 13.9. The van der Waals surface area contributed by atoms with E-state index in [-0.39, 0.29) is 6.61 Å². The molecule has 0 amide bonds. The minimum absolute atomic E-state index is 0.236. The molecule has 96 valence electrons. The second-order valence-electron chi connectivity index (χ2n) is 4.19. The zero-order chi connectivity index (χ0) is 12.9. The van der Waals surface area contributed by atoms with Crippen LogP contribution in [-0.4, -0.2) is 31.5 Å². The lowest BCUT2D eigenvalue weighted by molar-refractivity contribution is 0.00834. The Labute approximate surface area is 102 Å². The Hall–Kier alpha value is -1.42. The summed E-state index contributed by atoms with van der Waals surface area (Å²) in [6, 6.07) is 5.29. The van der Waals surface area contributed by atoms with E-state index in [4.69, 9.17) is 14.2 Å². The fourth-order valence-corrected chi connectivity index (χ4v) is 1.21. The molecule has 0 fully saturated rings. The van der Waals surface area contributed by atoms with E-state index in [1.165, 1.54) is 0 Å². The van der Waals surface area contributed by atoms with Gasteiger partial charge in [0.25, 0.3) is 0 Å². The predicted molar refractivity (Wildman–Crippen MR) is 66.0 cm³/mol. The van der Waals surface area contributed by atoms with Crippen LogP contribution < -0.4 is 14.2 Å². The number of methoxy groups -OCH3 is 2. The highest BCUT2D eigenvalue weighted by molar-refractivity contribution is 5.42. The van der Waals surface area contributed by atoms with Gasteiger partial charge in [-0.1, -0.05) is 6.92 Å². The van der Waals surface area contributed by atoms with Gasteiger partial charge < -0.3 is 19.3 Å². The van der Waals surface area contributed by atoms with Crippen molar-refractivity contribution in [3.05, 3.63) is 18.2 Å². The molecule has 0 spiro atoms. The van der Waals surface area contributed by atoms with Crippen LogP contribution in [-0.2, 0) is 0 Å². The van der Waals surface area contributed by atoms with Crippen LogP contribution in [0.5, 0.6) is 17.2 Å². The van der Waals surface area contributed by atoms with E-state index in [2.05, 4.69) is 0 Å². The van der Waals surface area contributed by atoms with Crippen molar-refractivity contribution < 1.29 is 19.3 Å². The van der Waals surface area contributed by atoms with E-state index in [0.717, 1.165) is 0 Å². The molecule has 0 saturated heterocycles. The molecular formula is C13H20O4. The zero-order valence-electron chi connectivity index (χ0n) is 10.8. The Morgan fingerprint density at radius 1 is 1.06 bits per heavy atom. The monoisotopic (exact) mass is 240 g/mol. The average molecular weight is 240 g/mol. The third-order valence-corrected chi connectivity index (χ3v) is 2.64. The third kappa shape index (κ3) is 4.15. The quantitative estimate of drug-likeness (QED) is 0.828. The van der Waals surface area contributed by atoms with E-state index in [0.29, 0.717) is 23.7 Å². The number of hydrogen-bond donors (Lipinski definition) is 1. The minimum Gasteiger partial charge on any atom is -0.496 e. The Morgan fingerprint density at radius 2 is 1.53 bits per heavy atom. The van der Waals surface area contributed by atoms with Gasteiger partial charge in [-0.2, -0.15) is 0 Å². The van der Waals surface area contributed by atoms with Gasteiger partial charge in [0.2, 0.25) is 0 Å². The Morgan fingerprint density at radius 3 is 1.94 bits per heavy atom. The maximum absolute atomic E-state index is 9.85. The van der Waals surface area contributed by atoms with E-state index in [1.54, 1.807) is 39.3 Å². The number of benzene rings is 1. The number of aliphatic hydroxyl groups is 1. The second kappa shape index (κ2) is 5.77. The van der Waals surface area contributed by atoms with Crippen molar-refractivity contribution in [2.75, 3.05) is 20.8 Å². The van der Waals surface area contributed by atoms with Crippen molar-refractivity contribution in [3.8, 4) is 17.2 Å². The third-order valence-electron chi connectivity index (χ3n) is 2.64. The largest absolute Gasteiger partial charge is 0.496 e. The van der Waals surface area contributed by atoms with Gasteiger partial charge in [0.15, 0.2) is 0 Å². The van der Waals surface area contributed by atoms with Gasteiger partial charge in [-0.15, -0.1) is 0 Å². The topological polar surface area (TPSA) is 47.9 Å². The molecule has 1 aromatic rings. The molecule has 0 saturated carbocycles. The molecule has 0 radical (unpaired) electrons. The lowest BCUT2D eigenvalue weighted by Gasteiger charge is -2.21. The number of rotatable bonds is 6. The molecule has 1 aromatic carbocycles. The zero-order valence-corrected chi connectivity index (χ0v) is 10.8. The van der Waals surface area contributed by atoms with E-state index >= 15 is 0 Å². The fourth-order valence-electron chi connectivity index (χ4n) is 1.21. The summed E-state index contributed by atoms with van der Waals surface area (Å²) in [5.74, 6) is 1.95. The van der Waals surface area contributed by atoms with E-state index < -0.39 is 5.60 Å². The van der Waals surface area contributed by atoms with Gasteiger partial charge in [-0.25, -0.2) is 0 Å². The standard InChI is InChI=1S/C13H20O4/c1-5-13(2,14)9-17-12-7-10(15-3)6-11(8-12)16-4/h6-8,14H,5,9H2,1-4H3. The fraction of sp³-hybridized carbons (Fsp3) is 0.538. The van der Waals surface area contributed by atoms with Crippen LogP contribution in [0.15, 0.2) is 18.2 Å². The highest BCUT2D eigenvalue weighted by atomic mass is 16.5. The van der Waals surface area contributed by atoms with Crippen molar-refractivity contribution in [2.45, 2.75) is 25.9 Å². The van der Waals surface area contributed by atoms with Gasteiger partial charge in [0.1, 0.15) is 23.9 Å². The van der Waals surface area contributed by atoms with Crippen molar-refractivity contribution in [1.29, 1.82) is 0 Å². The maximum atomic E-state index is 9.85. The molecule has 0 heterocycles. The molecular weight excluding hydrogens is 220 g/mol. The molecule has 4 heteroatoms. The number of hydrogen-bond acceptors (Lipinski definition) is 4. The lowest BCUT2D eigenvalue weighted by Crippen LogP contribution is -2.31. The van der Waals surface area contributed by atoms with Crippen LogP contribution in [0.2, 0.25) is 0 Å². The summed E-state index contributed by atoms with van der Waals surface area (Å²) >= 11 is 0. The van der Waals surface area contributed by atoms with Crippen molar-refractivity contribution in [2.24, 2.45) is 0 Å². The van der Waals surface area contributed by atoms with E-state index in [1.807, 2.05) is 6.92 Å². The highest BCUT2D eigenvalue weighted by Crippen LogP contribution is 2.28. The predicted octanol–water partition coefficient (Wildman–Crippen LogP) is 2.24. The van der Waals surface area contributed by atoms with Crippen molar-refractivity contribution >= 4 is 0 Å². The summed E-state index contributed by atoms with van der Waals surface area (Å²) < 4.78 is 15.8. The molecule has 0 aliphatic carbocycles. The van der Waals surface area contributed by atoms with Crippen LogP contribution in [0.3, 0.4) is 0 Å². The SMILES string of the molecule is CCC(C)(O)COc1cc(OC)cc(OC)c1. The molecule has 1 unspecified atom stereocenters. The summed E-state index contributed by atoms with van der Waals surface area (Å²) in [5.41, 5.74) is -0.823. The smallest absolute Gasteiger partial charge is 0.126 e. The summed E-state index contributed by atoms with van der Waals surface area (Å²) in [4.78, 5) is 0. The van der Waals surface area contributed by atoms with Gasteiger partial charge >= 0.3 is 0 Å². The summed E-state index contributed by atoms with van der Waals surface area (Å²) in [6.07, 6.45) is 0.633. The van der Waals surface area contributed by atoms with Gasteiger partial charge in [0.05, 0.1) is 19.8 Å². The molecule has 1 rings (SSSR count). The van der Waals surface area contributed by atoms with Crippen LogP contribution >= 0.6 is 0 Å². The molecule has 0 aliphatic heterocycles. The van der Waals surface area contributed by atoms with Gasteiger partial charge in [-0.3, -0.25) is 0 Å². The first-order chi connectivity index (χ1) is 8.00. The maximum Gasteiger partial charge on any atom is 0.126 e. The first-order valence-corrected chi connectivity index (χ1v) is 5.59. The lowest BCUT2D eigenvalue weighted by atomic mass is 10.1. The molecule has 0 aliphatic rings. The molecule has 0 aromatic heterocycles. The summed E-state index contributed by atoms with van der Waals surface area (Å²) in [7, 11) is 3.17. The Kier molecular flexibility index (Phi) is 4.63. The summed E-state index contributed by atoms with van der Waals surface area (Å²) in [6.45, 7) is 3.89. The van der Waals surface area contributed by atoms with Crippen LogP contribution in [0.25, 0.3) is 0 Å². The van der Waals surface area contributed by atoms with Crippen LogP contribution in [0.1, 0.15) is 20.3 Å². The second-order valence-corrected chi connectivity index (χ2v) is 4.19. The Balaban J connectivity index is 2.76. The molecule has 17 heavy (non-hydrogen) atoms. The highest BCUT2D eigenvalue weighted by Gasteiger charge is 2.18. The molecule has 1 atom stereocenters. The van der Waals surface area contributed by atoms with E-state index in [9.17, 15) is 5.11 Å². The molecule has 4 nitrogen and oxygen atoms in total. The molecule has 0 bridgehead atoms. The molecule has 1 N–H and O–H groups in total. The number of ether oxygens (including phenoxy) is 3. The minimum atomic E-state index is -0.823. The van der Waals surface area contributed by atoms with Gasteiger partial charge in [-0.05, 0) is 13.3 Å². The first kappa shape index (κ1) is 13.6. The van der Waals surface area contributed by atoms with Crippen molar-refractivity contribution in [3.63, 3.8) is 0 Å². The summed E-state index contributed by atoms with van der Waals surface area (Å²) in [5, 5.41) is 9.85.